The van der Waals surface area contributed by atoms with Gasteiger partial charge in [-0.1, -0.05) is 12.1 Å². The molecule has 4 nitrogen and oxygen atoms in total. The lowest BCUT2D eigenvalue weighted by Crippen LogP contribution is -2.18. The van der Waals surface area contributed by atoms with Gasteiger partial charge in [-0.15, -0.1) is 11.8 Å². The van der Waals surface area contributed by atoms with Crippen LogP contribution in [0.25, 0.3) is 0 Å². The van der Waals surface area contributed by atoms with E-state index in [9.17, 15) is 0 Å². The average Bonchev–Trinajstić information content (AvgIpc) is 2.88. The van der Waals surface area contributed by atoms with Crippen molar-refractivity contribution < 1.29 is 4.74 Å². The molecule has 1 aromatic carbocycles. The fourth-order valence-electron chi connectivity index (χ4n) is 1.82. The van der Waals surface area contributed by atoms with Gasteiger partial charge in [0.1, 0.15) is 0 Å². The van der Waals surface area contributed by atoms with Crippen LogP contribution in [-0.2, 0) is 24.1 Å². The zero-order valence-electron chi connectivity index (χ0n) is 12.0. The predicted molar refractivity (Wildman–Crippen MR) is 82.8 cm³/mol. The van der Waals surface area contributed by atoms with Crippen molar-refractivity contribution in [1.82, 2.24) is 15.1 Å². The minimum absolute atomic E-state index is 0.749. The van der Waals surface area contributed by atoms with Crippen molar-refractivity contribution in [3.05, 3.63) is 47.8 Å². The summed E-state index contributed by atoms with van der Waals surface area (Å²) in [5.41, 5.74) is 2.55. The number of hydrogen-bond acceptors (Lipinski definition) is 4. The third-order valence-electron chi connectivity index (χ3n) is 2.90. The van der Waals surface area contributed by atoms with Crippen LogP contribution < -0.4 is 5.32 Å². The number of methoxy groups -OCH3 is 1. The SMILES string of the molecule is COCCNCc1ccc(SCc2cnn(C)c2)cc1. The van der Waals surface area contributed by atoms with E-state index in [0.717, 1.165) is 25.4 Å². The lowest BCUT2D eigenvalue weighted by Gasteiger charge is -2.05. The summed E-state index contributed by atoms with van der Waals surface area (Å²) in [7, 11) is 3.66. The van der Waals surface area contributed by atoms with Crippen molar-refractivity contribution in [2.45, 2.75) is 17.2 Å². The summed E-state index contributed by atoms with van der Waals surface area (Å²) in [5.74, 6) is 0.958. The maximum absolute atomic E-state index is 5.00. The van der Waals surface area contributed by atoms with Crippen LogP contribution in [0.5, 0.6) is 0 Å². The Morgan fingerprint density at radius 1 is 1.25 bits per heavy atom. The number of ether oxygens (including phenoxy) is 1. The topological polar surface area (TPSA) is 39.1 Å². The third kappa shape index (κ3) is 5.00. The Bertz CT molecular complexity index is 510. The van der Waals surface area contributed by atoms with E-state index in [1.807, 2.05) is 29.7 Å². The Morgan fingerprint density at radius 2 is 2.05 bits per heavy atom. The fourth-order valence-corrected chi connectivity index (χ4v) is 2.63. The van der Waals surface area contributed by atoms with Crippen molar-refractivity contribution in [2.24, 2.45) is 7.05 Å². The summed E-state index contributed by atoms with van der Waals surface area (Å²) in [4.78, 5) is 1.29. The molecule has 2 rings (SSSR count). The zero-order chi connectivity index (χ0) is 14.2. The number of aryl methyl sites for hydroxylation is 1. The van der Waals surface area contributed by atoms with E-state index in [2.05, 4.69) is 40.9 Å². The van der Waals surface area contributed by atoms with Crippen LogP contribution >= 0.6 is 11.8 Å². The first-order valence-corrected chi connectivity index (χ1v) is 7.65. The Labute approximate surface area is 124 Å². The van der Waals surface area contributed by atoms with E-state index in [-0.39, 0.29) is 0 Å². The number of benzene rings is 1. The van der Waals surface area contributed by atoms with Crippen molar-refractivity contribution in [1.29, 1.82) is 0 Å². The predicted octanol–water partition coefficient (Wildman–Crippen LogP) is 2.45. The molecule has 0 saturated carbocycles. The number of nitrogens with one attached hydrogen (secondary N) is 1. The Hall–Kier alpha value is -1.30. The molecule has 5 heteroatoms. The molecule has 0 aliphatic rings. The van der Waals surface area contributed by atoms with Gasteiger partial charge >= 0.3 is 0 Å². The van der Waals surface area contributed by atoms with E-state index in [4.69, 9.17) is 4.74 Å². The highest BCUT2D eigenvalue weighted by Crippen LogP contribution is 2.22. The van der Waals surface area contributed by atoms with Crippen LogP contribution in [-0.4, -0.2) is 30.0 Å². The molecule has 0 atom stereocenters. The minimum atomic E-state index is 0.749. The molecule has 2 aromatic rings. The van der Waals surface area contributed by atoms with Crippen LogP contribution in [0.15, 0.2) is 41.6 Å². The van der Waals surface area contributed by atoms with Crippen molar-refractivity contribution >= 4 is 11.8 Å². The Kier molecular flexibility index (Phi) is 6.11. The molecule has 1 aromatic heterocycles. The third-order valence-corrected chi connectivity index (χ3v) is 3.98. The smallest absolute Gasteiger partial charge is 0.0587 e. The summed E-state index contributed by atoms with van der Waals surface area (Å²) in [6, 6.07) is 8.69. The van der Waals surface area contributed by atoms with Gasteiger partial charge in [-0.25, -0.2) is 0 Å². The number of hydrogen-bond donors (Lipinski definition) is 1. The number of rotatable bonds is 8. The first kappa shape index (κ1) is 15.1. The molecule has 0 amide bonds. The van der Waals surface area contributed by atoms with Crippen molar-refractivity contribution in [3.8, 4) is 0 Å². The van der Waals surface area contributed by atoms with Gasteiger partial charge in [0.15, 0.2) is 0 Å². The first-order valence-electron chi connectivity index (χ1n) is 6.67. The molecule has 0 aliphatic heterocycles. The molecule has 0 fully saturated rings. The summed E-state index contributed by atoms with van der Waals surface area (Å²) in [5, 5.41) is 7.52. The van der Waals surface area contributed by atoms with E-state index in [1.165, 1.54) is 16.0 Å². The van der Waals surface area contributed by atoms with Gasteiger partial charge in [-0.3, -0.25) is 4.68 Å². The maximum Gasteiger partial charge on any atom is 0.0587 e. The molecule has 0 saturated heterocycles. The van der Waals surface area contributed by atoms with Gasteiger partial charge in [0.2, 0.25) is 0 Å². The highest BCUT2D eigenvalue weighted by atomic mass is 32.2. The van der Waals surface area contributed by atoms with Crippen LogP contribution in [0.3, 0.4) is 0 Å². The molecule has 0 spiro atoms. The molecule has 0 aliphatic carbocycles. The van der Waals surface area contributed by atoms with Gasteiger partial charge in [-0.05, 0) is 17.7 Å². The Morgan fingerprint density at radius 3 is 2.70 bits per heavy atom. The summed E-state index contributed by atoms with van der Waals surface area (Å²) in [6.07, 6.45) is 3.97. The second-order valence-electron chi connectivity index (χ2n) is 4.62. The normalized spacial score (nSPS) is 10.9. The largest absolute Gasteiger partial charge is 0.383 e. The van der Waals surface area contributed by atoms with Crippen LogP contribution in [0, 0.1) is 0 Å². The molecule has 0 bridgehead atoms. The highest BCUT2D eigenvalue weighted by Gasteiger charge is 1.99. The molecule has 1 N–H and O–H groups in total. The summed E-state index contributed by atoms with van der Waals surface area (Å²) >= 11 is 1.83. The van der Waals surface area contributed by atoms with E-state index >= 15 is 0 Å². The number of thioether (sulfide) groups is 1. The number of aromatic nitrogens is 2. The van der Waals surface area contributed by atoms with Gasteiger partial charge < -0.3 is 10.1 Å². The quantitative estimate of drug-likeness (QED) is 0.599. The zero-order valence-corrected chi connectivity index (χ0v) is 12.8. The van der Waals surface area contributed by atoms with E-state index in [0.29, 0.717) is 0 Å². The van der Waals surface area contributed by atoms with Gasteiger partial charge in [-0.2, -0.15) is 5.10 Å². The van der Waals surface area contributed by atoms with E-state index in [1.54, 1.807) is 7.11 Å². The van der Waals surface area contributed by atoms with Gasteiger partial charge in [0.25, 0.3) is 0 Å². The molecule has 0 unspecified atom stereocenters. The second kappa shape index (κ2) is 8.09. The van der Waals surface area contributed by atoms with Crippen molar-refractivity contribution in [2.75, 3.05) is 20.3 Å². The summed E-state index contributed by atoms with van der Waals surface area (Å²) in [6.45, 7) is 2.52. The lowest BCUT2D eigenvalue weighted by atomic mass is 10.2. The molecule has 1 heterocycles. The first-order chi connectivity index (χ1) is 9.78. The highest BCUT2D eigenvalue weighted by molar-refractivity contribution is 7.98. The lowest BCUT2D eigenvalue weighted by molar-refractivity contribution is 0.199. The molecule has 0 radical (unpaired) electrons. The molecular weight excluding hydrogens is 270 g/mol. The minimum Gasteiger partial charge on any atom is -0.383 e. The van der Waals surface area contributed by atoms with Crippen molar-refractivity contribution in [3.63, 3.8) is 0 Å². The Balaban J connectivity index is 1.76. The second-order valence-corrected chi connectivity index (χ2v) is 5.67. The monoisotopic (exact) mass is 291 g/mol. The molecular formula is C15H21N3OS. The van der Waals surface area contributed by atoms with Gasteiger partial charge in [0.05, 0.1) is 12.8 Å². The van der Waals surface area contributed by atoms with Gasteiger partial charge in [0, 0.05) is 49.7 Å². The van der Waals surface area contributed by atoms with Crippen LogP contribution in [0.4, 0.5) is 0 Å². The molecule has 20 heavy (non-hydrogen) atoms. The fraction of sp³-hybridized carbons (Fsp3) is 0.400. The summed E-state index contributed by atoms with van der Waals surface area (Å²) < 4.78 is 6.84. The standard InChI is InChI=1S/C15H21N3OS/c1-18-11-14(10-17-18)12-20-15-5-3-13(4-6-15)9-16-7-8-19-2/h3-6,10-11,16H,7-9,12H2,1-2H3. The average molecular weight is 291 g/mol. The van der Waals surface area contributed by atoms with Crippen LogP contribution in [0.1, 0.15) is 11.1 Å². The molecule has 108 valence electrons. The van der Waals surface area contributed by atoms with Crippen LogP contribution in [0.2, 0.25) is 0 Å². The maximum atomic E-state index is 5.00. The van der Waals surface area contributed by atoms with E-state index < -0.39 is 0 Å². The number of nitrogens with zero attached hydrogens (tertiary/aromatic N) is 2.